The number of anilines is 1. The maximum Gasteiger partial charge on any atom is 0.410 e. The van der Waals surface area contributed by atoms with Crippen LogP contribution in [-0.2, 0) is 34.0 Å². The van der Waals surface area contributed by atoms with Crippen molar-refractivity contribution in [2.24, 2.45) is 0 Å². The van der Waals surface area contributed by atoms with Crippen molar-refractivity contribution in [3.8, 4) is 17.1 Å². The standard InChI is InChI=1S/C49H69N7O9/c1-37(38-17-19-42(20-18-38)64-31-12-7-6-10-29-61-32-34-63-35-33-62-30-11-8-9-16-43(57)60-5)51-45(58)40-14-13-15-41(36-40)53-49(23-27-56(28-24-49)47(59)65-48(2,3)4)46-52-44(54-55-46)39-21-25-50-26-22-39/h13-15,17-22,25-26,36-37,53H,6-12,16,23-24,27-35H2,1-5H3,(H,51,58)(H,52,54,55)/t37-/m1/s1. The van der Waals surface area contributed by atoms with Crippen LogP contribution in [0.15, 0.2) is 73.1 Å². The highest BCUT2D eigenvalue weighted by molar-refractivity contribution is 5.95. The number of nitrogens with zero attached hydrogens (tertiary/aromatic N) is 4. The number of carbonyl (C=O) groups is 3. The number of aromatic amines is 1. The van der Waals surface area contributed by atoms with Crippen LogP contribution in [0.3, 0.4) is 0 Å². The zero-order valence-electron chi connectivity index (χ0n) is 38.9. The number of nitrogens with one attached hydrogen (secondary N) is 3. The third-order valence-electron chi connectivity index (χ3n) is 11.0. The second-order valence-corrected chi connectivity index (χ2v) is 17.3. The first kappa shape index (κ1) is 50.4. The van der Waals surface area contributed by atoms with Gasteiger partial charge in [-0.1, -0.05) is 31.0 Å². The number of ether oxygens (including phenoxy) is 6. The zero-order chi connectivity index (χ0) is 46.3. The molecule has 1 aliphatic rings. The molecule has 0 saturated carbocycles. The Balaban J connectivity index is 0.995. The molecule has 354 valence electrons. The van der Waals surface area contributed by atoms with Crippen LogP contribution in [-0.4, -0.2) is 115 Å². The van der Waals surface area contributed by atoms with E-state index in [1.54, 1.807) is 23.4 Å². The number of esters is 1. The van der Waals surface area contributed by atoms with E-state index in [-0.39, 0.29) is 24.0 Å². The summed E-state index contributed by atoms with van der Waals surface area (Å²) in [6.07, 6.45) is 11.3. The van der Waals surface area contributed by atoms with Crippen molar-refractivity contribution in [3.05, 3.63) is 90.0 Å². The van der Waals surface area contributed by atoms with Gasteiger partial charge in [-0.25, -0.2) is 4.79 Å². The predicted octanol–water partition coefficient (Wildman–Crippen LogP) is 8.42. The summed E-state index contributed by atoms with van der Waals surface area (Å²) in [5.41, 5.74) is 1.76. The Labute approximate surface area is 383 Å². The van der Waals surface area contributed by atoms with E-state index in [0.717, 1.165) is 67.5 Å². The first-order valence-corrected chi connectivity index (χ1v) is 23.0. The highest BCUT2D eigenvalue weighted by atomic mass is 16.6. The summed E-state index contributed by atoms with van der Waals surface area (Å²) >= 11 is 0. The van der Waals surface area contributed by atoms with Gasteiger partial charge in [0.2, 0.25) is 0 Å². The van der Waals surface area contributed by atoms with Gasteiger partial charge in [-0.3, -0.25) is 14.6 Å². The van der Waals surface area contributed by atoms with Crippen LogP contribution in [0.25, 0.3) is 11.4 Å². The Kier molecular flexibility index (Phi) is 20.5. The quantitative estimate of drug-likeness (QED) is 0.0383. The van der Waals surface area contributed by atoms with Crippen LogP contribution in [0.5, 0.6) is 5.75 Å². The van der Waals surface area contributed by atoms with Gasteiger partial charge in [-0.15, -0.1) is 10.2 Å². The smallest absolute Gasteiger partial charge is 0.410 e. The summed E-state index contributed by atoms with van der Waals surface area (Å²) in [6.45, 7) is 12.6. The Morgan fingerprint density at radius 1 is 0.785 bits per heavy atom. The van der Waals surface area contributed by atoms with E-state index in [2.05, 4.69) is 35.5 Å². The lowest BCUT2D eigenvalue weighted by Gasteiger charge is -2.41. The molecule has 2 amide bonds. The second-order valence-electron chi connectivity index (χ2n) is 17.3. The first-order chi connectivity index (χ1) is 31.4. The number of H-pyrrole nitrogens is 1. The van der Waals surface area contributed by atoms with Crippen LogP contribution in [0.2, 0.25) is 0 Å². The fourth-order valence-electron chi connectivity index (χ4n) is 7.31. The molecule has 1 aliphatic heterocycles. The molecular weight excluding hydrogens is 831 g/mol. The zero-order valence-corrected chi connectivity index (χ0v) is 38.9. The highest BCUT2D eigenvalue weighted by Gasteiger charge is 2.41. The number of aromatic nitrogens is 4. The molecule has 3 heterocycles. The molecule has 5 rings (SSSR count). The fourth-order valence-corrected chi connectivity index (χ4v) is 7.31. The van der Waals surface area contributed by atoms with E-state index in [1.165, 1.54) is 7.11 Å². The van der Waals surface area contributed by atoms with Gasteiger partial charge < -0.3 is 48.9 Å². The number of rotatable bonds is 27. The molecule has 4 aromatic rings. The van der Waals surface area contributed by atoms with Gasteiger partial charge >= 0.3 is 12.1 Å². The number of piperidine rings is 1. The first-order valence-electron chi connectivity index (χ1n) is 23.0. The van der Waals surface area contributed by atoms with Crippen LogP contribution in [0.1, 0.15) is 120 Å². The number of amides is 2. The fraction of sp³-hybridized carbons (Fsp3) is 0.551. The maximum atomic E-state index is 13.6. The summed E-state index contributed by atoms with van der Waals surface area (Å²) in [7, 11) is 1.41. The molecule has 16 heteroatoms. The molecule has 65 heavy (non-hydrogen) atoms. The van der Waals surface area contributed by atoms with Crippen LogP contribution in [0.4, 0.5) is 10.5 Å². The van der Waals surface area contributed by atoms with Crippen LogP contribution < -0.4 is 15.4 Å². The molecule has 0 aliphatic carbocycles. The van der Waals surface area contributed by atoms with Crippen molar-refractivity contribution < 1.29 is 42.8 Å². The summed E-state index contributed by atoms with van der Waals surface area (Å²) in [5, 5.41) is 15.9. The normalized spacial score (nSPS) is 14.1. The number of unbranched alkanes of at least 4 members (excludes halogenated alkanes) is 5. The number of methoxy groups -OCH3 is 1. The van der Waals surface area contributed by atoms with Gasteiger partial charge in [0.15, 0.2) is 11.6 Å². The molecule has 2 aromatic heterocycles. The van der Waals surface area contributed by atoms with E-state index in [9.17, 15) is 14.4 Å². The van der Waals surface area contributed by atoms with Gasteiger partial charge in [-0.05, 0) is 121 Å². The minimum absolute atomic E-state index is 0.163. The molecule has 0 spiro atoms. The summed E-state index contributed by atoms with van der Waals surface area (Å²) < 4.78 is 33.1. The largest absolute Gasteiger partial charge is 0.494 e. The topological polar surface area (TPSA) is 188 Å². The Hall–Kier alpha value is -5.58. The Morgan fingerprint density at radius 2 is 1.42 bits per heavy atom. The van der Waals surface area contributed by atoms with E-state index < -0.39 is 11.1 Å². The molecule has 0 unspecified atom stereocenters. The summed E-state index contributed by atoms with van der Waals surface area (Å²) in [5.74, 6) is 1.68. The lowest BCUT2D eigenvalue weighted by atomic mass is 9.86. The predicted molar refractivity (Wildman–Crippen MR) is 248 cm³/mol. The third-order valence-corrected chi connectivity index (χ3v) is 11.0. The minimum Gasteiger partial charge on any atom is -0.494 e. The lowest BCUT2D eigenvalue weighted by Crippen LogP contribution is -2.50. The summed E-state index contributed by atoms with van der Waals surface area (Å²) in [6, 6.07) is 18.8. The van der Waals surface area contributed by atoms with Crippen LogP contribution in [0, 0.1) is 0 Å². The molecule has 0 radical (unpaired) electrons. The third kappa shape index (κ3) is 17.4. The minimum atomic E-state index is -0.705. The number of carbonyl (C=O) groups excluding carboxylic acids is 3. The Bertz CT molecular complexity index is 2020. The van der Waals surface area contributed by atoms with Crippen molar-refractivity contribution in [1.29, 1.82) is 0 Å². The molecule has 0 bridgehead atoms. The van der Waals surface area contributed by atoms with Crippen molar-refractivity contribution >= 4 is 23.7 Å². The average molecular weight is 900 g/mol. The number of pyridine rings is 1. The maximum absolute atomic E-state index is 13.6. The van der Waals surface area contributed by atoms with Gasteiger partial charge in [0.25, 0.3) is 5.91 Å². The van der Waals surface area contributed by atoms with Gasteiger partial charge in [0.1, 0.15) is 16.9 Å². The lowest BCUT2D eigenvalue weighted by molar-refractivity contribution is -0.140. The van der Waals surface area contributed by atoms with E-state index in [1.807, 2.05) is 82.3 Å². The van der Waals surface area contributed by atoms with E-state index in [4.69, 9.17) is 23.7 Å². The van der Waals surface area contributed by atoms with Crippen molar-refractivity contribution in [2.75, 3.05) is 71.8 Å². The monoisotopic (exact) mass is 900 g/mol. The van der Waals surface area contributed by atoms with E-state index in [0.29, 0.717) is 95.8 Å². The van der Waals surface area contributed by atoms with Crippen LogP contribution >= 0.6 is 0 Å². The number of hydrogen-bond donors (Lipinski definition) is 3. The van der Waals surface area contributed by atoms with Crippen molar-refractivity contribution in [3.63, 3.8) is 0 Å². The Morgan fingerprint density at radius 3 is 2.06 bits per heavy atom. The number of hydrogen-bond acceptors (Lipinski definition) is 13. The molecule has 1 saturated heterocycles. The molecule has 3 N–H and O–H groups in total. The average Bonchev–Trinajstić information content (AvgIpc) is 3.81. The molecule has 1 atom stereocenters. The van der Waals surface area contributed by atoms with Gasteiger partial charge in [0.05, 0.1) is 46.2 Å². The number of benzene rings is 2. The second kappa shape index (κ2) is 26.4. The van der Waals surface area contributed by atoms with Gasteiger partial charge in [-0.2, -0.15) is 0 Å². The highest BCUT2D eigenvalue weighted by Crippen LogP contribution is 2.36. The SMILES string of the molecule is COC(=O)CCCCCOCCOCCOCCCCCCOc1ccc([C@@H](C)NC(=O)c2cccc(NC3(c4nnc(-c5ccncc5)[nH]4)CCN(C(=O)OC(C)(C)C)CC3)c2)cc1. The van der Waals surface area contributed by atoms with E-state index >= 15 is 0 Å². The molecular formula is C49H69N7O9. The van der Waals surface area contributed by atoms with Crippen molar-refractivity contribution in [2.45, 2.75) is 109 Å². The molecule has 16 nitrogen and oxygen atoms in total. The molecule has 1 fully saturated rings. The van der Waals surface area contributed by atoms with Gasteiger partial charge in [0, 0.05) is 61.9 Å². The molecule has 2 aromatic carbocycles. The van der Waals surface area contributed by atoms with Crippen molar-refractivity contribution in [1.82, 2.24) is 30.4 Å². The number of likely N-dealkylation sites (tertiary alicyclic amines) is 1. The summed E-state index contributed by atoms with van der Waals surface area (Å²) in [4.78, 5) is 46.9.